The second-order valence-corrected chi connectivity index (χ2v) is 4.08. The molecule has 0 heterocycles. The molecule has 0 aliphatic heterocycles. The molecule has 0 saturated heterocycles. The molecule has 0 radical (unpaired) electrons. The molecule has 13 heavy (non-hydrogen) atoms. The zero-order valence-electron chi connectivity index (χ0n) is 8.87. The third-order valence-corrected chi connectivity index (χ3v) is 2.71. The van der Waals surface area contributed by atoms with Crippen LogP contribution in [0.4, 0.5) is 0 Å². The maximum Gasteiger partial charge on any atom is 0.204 e. The largest absolute Gasteiger partial charge is 0.364 e. The van der Waals surface area contributed by atoms with Crippen molar-refractivity contribution in [2.24, 2.45) is 0 Å². The van der Waals surface area contributed by atoms with Crippen molar-refractivity contribution in [3.05, 3.63) is 0 Å². The smallest absolute Gasteiger partial charge is 0.204 e. The summed E-state index contributed by atoms with van der Waals surface area (Å²) in [5.41, 5.74) is -0.917. The molecule has 0 aromatic heterocycles. The van der Waals surface area contributed by atoms with Crippen molar-refractivity contribution in [1.82, 2.24) is 0 Å². The Labute approximate surface area is 82.6 Å². The Bertz CT molecular complexity index is 125. The lowest BCUT2D eigenvalue weighted by Gasteiger charge is -2.33. The van der Waals surface area contributed by atoms with Crippen molar-refractivity contribution in [3.63, 3.8) is 0 Å². The molecule has 0 aliphatic carbocycles. The topological polar surface area (TPSA) is 47.9 Å². The molecule has 0 aliphatic rings. The van der Waals surface area contributed by atoms with E-state index in [4.69, 9.17) is 14.2 Å². The molecule has 1 unspecified atom stereocenters. The molecule has 1 N–H and O–H groups in total. The van der Waals surface area contributed by atoms with Gasteiger partial charge in [0.25, 0.3) is 0 Å². The van der Waals surface area contributed by atoms with Gasteiger partial charge in [0.05, 0.1) is 10.2 Å². The molecule has 1 atom stereocenters. The highest BCUT2D eigenvalue weighted by atomic mass is 28.1. The summed E-state index contributed by atoms with van der Waals surface area (Å²) in [5, 5.41) is 9.59. The third-order valence-electron chi connectivity index (χ3n) is 1.63. The standard InChI is InChI=1S/C8H20O4Si/c1-4-10-7(9)8(13,11-5-2)12-6-3/h7,9H,4-6H2,1-3,13H3. The van der Waals surface area contributed by atoms with E-state index in [1.165, 1.54) is 0 Å². The Morgan fingerprint density at radius 3 is 1.92 bits per heavy atom. The van der Waals surface area contributed by atoms with Gasteiger partial charge in [-0.15, -0.1) is 0 Å². The molecule has 4 nitrogen and oxygen atoms in total. The number of aliphatic hydroxyl groups is 1. The summed E-state index contributed by atoms with van der Waals surface area (Å²) in [7, 11) is 0.566. The monoisotopic (exact) mass is 208 g/mol. The molecule has 80 valence electrons. The fraction of sp³-hybridized carbons (Fsp3) is 1.00. The average molecular weight is 208 g/mol. The van der Waals surface area contributed by atoms with E-state index in [0.717, 1.165) is 0 Å². The van der Waals surface area contributed by atoms with Crippen LogP contribution in [-0.4, -0.2) is 46.9 Å². The van der Waals surface area contributed by atoms with E-state index in [1.807, 2.05) is 20.8 Å². The predicted octanol–water partition coefficient (Wildman–Crippen LogP) is -0.567. The van der Waals surface area contributed by atoms with Crippen LogP contribution in [0.2, 0.25) is 0 Å². The molecular formula is C8H20O4Si. The normalized spacial score (nSPS) is 14.8. The lowest BCUT2D eigenvalue weighted by Crippen LogP contribution is -2.49. The summed E-state index contributed by atoms with van der Waals surface area (Å²) in [5.74, 6) is 0. The Morgan fingerprint density at radius 1 is 1.15 bits per heavy atom. The summed E-state index contributed by atoms with van der Waals surface area (Å²) in [6.07, 6.45) is -0.982. The zero-order chi connectivity index (χ0) is 10.3. The van der Waals surface area contributed by atoms with Crippen LogP contribution in [-0.2, 0) is 14.2 Å². The number of aliphatic hydroxyl groups excluding tert-OH is 1. The van der Waals surface area contributed by atoms with Crippen molar-refractivity contribution in [3.8, 4) is 0 Å². The lowest BCUT2D eigenvalue weighted by atomic mass is 10.5. The summed E-state index contributed by atoms with van der Waals surface area (Å²) >= 11 is 0. The van der Waals surface area contributed by atoms with Crippen molar-refractivity contribution >= 4 is 10.2 Å². The van der Waals surface area contributed by atoms with Gasteiger partial charge in [-0.25, -0.2) is 0 Å². The van der Waals surface area contributed by atoms with Crippen molar-refractivity contribution in [2.75, 3.05) is 19.8 Å². The Balaban J connectivity index is 4.18. The fourth-order valence-electron chi connectivity index (χ4n) is 1.07. The first-order valence-electron chi connectivity index (χ1n) is 4.68. The first-order valence-corrected chi connectivity index (χ1v) is 5.68. The Hall–Kier alpha value is 0.0569. The molecule has 0 amide bonds. The summed E-state index contributed by atoms with van der Waals surface area (Å²) in [4.78, 5) is 0. The van der Waals surface area contributed by atoms with Crippen molar-refractivity contribution < 1.29 is 19.3 Å². The summed E-state index contributed by atoms with van der Waals surface area (Å²) < 4.78 is 15.7. The second-order valence-electron chi connectivity index (χ2n) is 2.69. The highest BCUT2D eigenvalue weighted by molar-refractivity contribution is 6.13. The number of ether oxygens (including phenoxy) is 3. The van der Waals surface area contributed by atoms with Crippen LogP contribution in [0.5, 0.6) is 0 Å². The van der Waals surface area contributed by atoms with Crippen LogP contribution in [0.15, 0.2) is 0 Å². The average Bonchev–Trinajstić information content (AvgIpc) is 2.05. The van der Waals surface area contributed by atoms with Gasteiger partial charge in [0.2, 0.25) is 6.29 Å². The van der Waals surface area contributed by atoms with Gasteiger partial charge < -0.3 is 19.3 Å². The molecule has 0 bridgehead atoms. The van der Waals surface area contributed by atoms with Crippen LogP contribution >= 0.6 is 0 Å². The minimum atomic E-state index is -0.982. The maximum atomic E-state index is 9.59. The summed E-state index contributed by atoms with van der Waals surface area (Å²) in [6, 6.07) is 0. The maximum absolute atomic E-state index is 9.59. The highest BCUT2D eigenvalue weighted by Gasteiger charge is 2.34. The van der Waals surface area contributed by atoms with Crippen LogP contribution in [0.25, 0.3) is 0 Å². The molecule has 0 fully saturated rings. The van der Waals surface area contributed by atoms with E-state index in [2.05, 4.69) is 0 Å². The van der Waals surface area contributed by atoms with E-state index < -0.39 is 11.7 Å². The molecule has 0 saturated carbocycles. The minimum Gasteiger partial charge on any atom is -0.364 e. The highest BCUT2D eigenvalue weighted by Crippen LogP contribution is 2.15. The van der Waals surface area contributed by atoms with Gasteiger partial charge in [-0.1, -0.05) is 0 Å². The summed E-state index contributed by atoms with van der Waals surface area (Å²) in [6.45, 7) is 7.02. The van der Waals surface area contributed by atoms with Crippen LogP contribution < -0.4 is 0 Å². The zero-order valence-corrected chi connectivity index (χ0v) is 10.9. The second kappa shape index (κ2) is 6.50. The fourth-order valence-corrected chi connectivity index (χ4v) is 1.81. The van der Waals surface area contributed by atoms with Gasteiger partial charge in [-0.2, -0.15) is 0 Å². The van der Waals surface area contributed by atoms with Gasteiger partial charge in [-0.05, 0) is 20.8 Å². The van der Waals surface area contributed by atoms with Gasteiger partial charge in [-0.3, -0.25) is 0 Å². The van der Waals surface area contributed by atoms with Gasteiger partial charge in [0.1, 0.15) is 0 Å². The molecule has 5 heteroatoms. The molecular weight excluding hydrogens is 188 g/mol. The number of rotatable bonds is 7. The van der Waals surface area contributed by atoms with Gasteiger partial charge >= 0.3 is 0 Å². The van der Waals surface area contributed by atoms with Crippen molar-refractivity contribution in [2.45, 2.75) is 32.5 Å². The van der Waals surface area contributed by atoms with E-state index in [1.54, 1.807) is 0 Å². The third kappa shape index (κ3) is 4.19. The van der Waals surface area contributed by atoms with Crippen LogP contribution in [0.3, 0.4) is 0 Å². The van der Waals surface area contributed by atoms with E-state index >= 15 is 0 Å². The minimum absolute atomic E-state index is 0.450. The van der Waals surface area contributed by atoms with E-state index in [-0.39, 0.29) is 0 Å². The SMILES string of the molecule is CCOC(O)C([SiH3])(OCC)OCC. The van der Waals surface area contributed by atoms with Gasteiger partial charge in [0, 0.05) is 19.8 Å². The quantitative estimate of drug-likeness (QED) is 0.450. The molecule has 0 rings (SSSR count). The molecule has 0 spiro atoms. The van der Waals surface area contributed by atoms with Crippen molar-refractivity contribution in [1.29, 1.82) is 0 Å². The van der Waals surface area contributed by atoms with E-state index in [0.29, 0.717) is 30.1 Å². The Kier molecular flexibility index (Phi) is 6.53. The first kappa shape index (κ1) is 13.1. The molecule has 0 aromatic rings. The number of hydrogen-bond donors (Lipinski definition) is 1. The first-order chi connectivity index (χ1) is 6.10. The molecule has 0 aromatic carbocycles. The van der Waals surface area contributed by atoms with Crippen LogP contribution in [0.1, 0.15) is 20.8 Å². The Morgan fingerprint density at radius 2 is 1.62 bits per heavy atom. The predicted molar refractivity (Wildman–Crippen MR) is 53.6 cm³/mol. The lowest BCUT2D eigenvalue weighted by molar-refractivity contribution is -0.294. The van der Waals surface area contributed by atoms with Crippen LogP contribution in [0, 0.1) is 0 Å². The van der Waals surface area contributed by atoms with Gasteiger partial charge in [0.15, 0.2) is 5.41 Å². The number of hydrogen-bond acceptors (Lipinski definition) is 4. The van der Waals surface area contributed by atoms with E-state index in [9.17, 15) is 5.11 Å².